The number of non-ortho nitro benzene ring substituents is 1. The van der Waals surface area contributed by atoms with E-state index in [4.69, 9.17) is 10.2 Å². The van der Waals surface area contributed by atoms with Crippen molar-refractivity contribution in [1.29, 1.82) is 0 Å². The molecule has 0 aliphatic heterocycles. The van der Waals surface area contributed by atoms with Gasteiger partial charge in [-0.25, -0.2) is 0 Å². The number of amides is 1. The smallest absolute Gasteiger partial charge is 0.270 e. The summed E-state index contributed by atoms with van der Waals surface area (Å²) in [5, 5.41) is 30.7. The van der Waals surface area contributed by atoms with E-state index in [9.17, 15) is 14.9 Å². The molecule has 1 aromatic carbocycles. The lowest BCUT2D eigenvalue weighted by Crippen LogP contribution is -2.40. The molecule has 3 N–H and O–H groups in total. The summed E-state index contributed by atoms with van der Waals surface area (Å²) in [5.74, 6) is -0.565. The van der Waals surface area contributed by atoms with Crippen LogP contribution < -0.4 is 5.32 Å². The maximum atomic E-state index is 11.8. The van der Waals surface area contributed by atoms with Crippen LogP contribution in [0.3, 0.4) is 0 Å². The average molecular weight is 254 g/mol. The minimum Gasteiger partial charge on any atom is -0.394 e. The molecule has 0 heterocycles. The molecule has 98 valence electrons. The van der Waals surface area contributed by atoms with Gasteiger partial charge in [0.05, 0.1) is 24.2 Å². The summed E-state index contributed by atoms with van der Waals surface area (Å²) in [6.07, 6.45) is 0. The molecule has 1 aromatic rings. The Balaban J connectivity index is 2.97. The standard InChI is InChI=1S/C11H14N2O5/c1-7-2-3-9(13(17)18)4-10(7)11(16)12-8(5-14)6-15/h2-4,8,14-15H,5-6H2,1H3,(H,12,16). The molecule has 0 atom stereocenters. The van der Waals surface area contributed by atoms with Gasteiger partial charge in [0.2, 0.25) is 0 Å². The van der Waals surface area contributed by atoms with Crippen LogP contribution in [0.2, 0.25) is 0 Å². The summed E-state index contributed by atoms with van der Waals surface area (Å²) in [6, 6.07) is 3.16. The van der Waals surface area contributed by atoms with E-state index in [0.29, 0.717) is 5.56 Å². The number of hydrogen-bond acceptors (Lipinski definition) is 5. The summed E-state index contributed by atoms with van der Waals surface area (Å²) >= 11 is 0. The number of benzene rings is 1. The first-order valence-corrected chi connectivity index (χ1v) is 5.27. The third-order valence-electron chi connectivity index (χ3n) is 2.45. The second kappa shape index (κ2) is 6.08. The fourth-order valence-corrected chi connectivity index (χ4v) is 1.38. The van der Waals surface area contributed by atoms with Crippen LogP contribution >= 0.6 is 0 Å². The molecule has 0 bridgehead atoms. The Labute approximate surface area is 103 Å². The maximum absolute atomic E-state index is 11.8. The second-order valence-corrected chi connectivity index (χ2v) is 3.79. The van der Waals surface area contributed by atoms with Gasteiger partial charge in [0.1, 0.15) is 0 Å². The molecule has 0 saturated carbocycles. The normalized spacial score (nSPS) is 10.4. The molecule has 18 heavy (non-hydrogen) atoms. The monoisotopic (exact) mass is 254 g/mol. The molecular formula is C11H14N2O5. The fourth-order valence-electron chi connectivity index (χ4n) is 1.38. The van der Waals surface area contributed by atoms with Crippen molar-refractivity contribution in [3.8, 4) is 0 Å². The van der Waals surface area contributed by atoms with Crippen molar-refractivity contribution >= 4 is 11.6 Å². The zero-order chi connectivity index (χ0) is 13.7. The quantitative estimate of drug-likeness (QED) is 0.505. The zero-order valence-corrected chi connectivity index (χ0v) is 9.79. The number of nitrogens with zero attached hydrogens (tertiary/aromatic N) is 1. The van der Waals surface area contributed by atoms with E-state index in [1.165, 1.54) is 12.1 Å². The average Bonchev–Trinajstić information content (AvgIpc) is 2.35. The number of aliphatic hydroxyl groups excluding tert-OH is 2. The number of carbonyl (C=O) groups is 1. The molecule has 0 fully saturated rings. The van der Waals surface area contributed by atoms with Gasteiger partial charge in [0, 0.05) is 17.7 Å². The molecule has 0 spiro atoms. The Hall–Kier alpha value is -1.99. The first kappa shape index (κ1) is 14.1. The summed E-state index contributed by atoms with van der Waals surface area (Å²) in [6.45, 7) is 0.831. The molecule has 7 heteroatoms. The zero-order valence-electron chi connectivity index (χ0n) is 9.79. The Kier molecular flexibility index (Phi) is 4.75. The Morgan fingerprint density at radius 2 is 2.06 bits per heavy atom. The van der Waals surface area contributed by atoms with Crippen molar-refractivity contribution < 1.29 is 19.9 Å². The van der Waals surface area contributed by atoms with Crippen molar-refractivity contribution in [2.75, 3.05) is 13.2 Å². The van der Waals surface area contributed by atoms with Crippen LogP contribution in [-0.4, -0.2) is 40.3 Å². The van der Waals surface area contributed by atoms with E-state index in [1.54, 1.807) is 6.92 Å². The summed E-state index contributed by atoms with van der Waals surface area (Å²) in [4.78, 5) is 21.8. The van der Waals surface area contributed by atoms with Crippen LogP contribution in [0, 0.1) is 17.0 Å². The molecule has 1 amide bonds. The van der Waals surface area contributed by atoms with E-state index in [0.717, 1.165) is 6.07 Å². The summed E-state index contributed by atoms with van der Waals surface area (Å²) < 4.78 is 0. The van der Waals surface area contributed by atoms with Gasteiger partial charge in [0.15, 0.2) is 0 Å². The first-order chi connectivity index (χ1) is 8.49. The Morgan fingerprint density at radius 3 is 2.56 bits per heavy atom. The van der Waals surface area contributed by atoms with Crippen LogP contribution in [0.5, 0.6) is 0 Å². The van der Waals surface area contributed by atoms with Gasteiger partial charge in [-0.05, 0) is 12.5 Å². The lowest BCUT2D eigenvalue weighted by molar-refractivity contribution is -0.384. The lowest BCUT2D eigenvalue weighted by atomic mass is 10.1. The fraction of sp³-hybridized carbons (Fsp3) is 0.364. The van der Waals surface area contributed by atoms with E-state index in [-0.39, 0.29) is 11.3 Å². The van der Waals surface area contributed by atoms with Crippen molar-refractivity contribution in [3.63, 3.8) is 0 Å². The van der Waals surface area contributed by atoms with Gasteiger partial charge < -0.3 is 15.5 Å². The predicted octanol–water partition coefficient (Wildman–Crippen LogP) is -0.0138. The molecule has 1 rings (SSSR count). The number of nitrogens with one attached hydrogen (secondary N) is 1. The number of rotatable bonds is 5. The van der Waals surface area contributed by atoms with Crippen LogP contribution in [0.1, 0.15) is 15.9 Å². The summed E-state index contributed by atoms with van der Waals surface area (Å²) in [7, 11) is 0. The highest BCUT2D eigenvalue weighted by molar-refractivity contribution is 5.96. The van der Waals surface area contributed by atoms with Gasteiger partial charge >= 0.3 is 0 Å². The van der Waals surface area contributed by atoms with Crippen LogP contribution in [0.15, 0.2) is 18.2 Å². The van der Waals surface area contributed by atoms with Crippen LogP contribution in [-0.2, 0) is 0 Å². The van der Waals surface area contributed by atoms with Crippen molar-refractivity contribution in [3.05, 3.63) is 39.4 Å². The van der Waals surface area contributed by atoms with Gasteiger partial charge in [-0.1, -0.05) is 6.07 Å². The predicted molar refractivity (Wildman–Crippen MR) is 63.3 cm³/mol. The highest BCUT2D eigenvalue weighted by Crippen LogP contribution is 2.17. The number of nitro groups is 1. The van der Waals surface area contributed by atoms with Crippen molar-refractivity contribution in [2.45, 2.75) is 13.0 Å². The van der Waals surface area contributed by atoms with Gasteiger partial charge in [-0.15, -0.1) is 0 Å². The van der Waals surface area contributed by atoms with Gasteiger partial charge in [0.25, 0.3) is 11.6 Å². The third-order valence-corrected chi connectivity index (χ3v) is 2.45. The van der Waals surface area contributed by atoms with Crippen LogP contribution in [0.25, 0.3) is 0 Å². The number of aliphatic hydroxyl groups is 2. The minimum atomic E-state index is -0.781. The molecule has 0 aromatic heterocycles. The largest absolute Gasteiger partial charge is 0.394 e. The number of nitro benzene ring substituents is 1. The molecule has 0 aliphatic rings. The molecule has 0 radical (unpaired) electrons. The molecule has 0 saturated heterocycles. The second-order valence-electron chi connectivity index (χ2n) is 3.79. The van der Waals surface area contributed by atoms with Crippen molar-refractivity contribution in [2.24, 2.45) is 0 Å². The molecule has 0 unspecified atom stereocenters. The number of carbonyl (C=O) groups excluding carboxylic acids is 1. The van der Waals surface area contributed by atoms with E-state index >= 15 is 0 Å². The molecule has 0 aliphatic carbocycles. The highest BCUT2D eigenvalue weighted by atomic mass is 16.6. The lowest BCUT2D eigenvalue weighted by Gasteiger charge is -2.14. The SMILES string of the molecule is Cc1ccc([N+](=O)[O-])cc1C(=O)NC(CO)CO. The van der Waals surface area contributed by atoms with E-state index < -0.39 is 30.1 Å². The molecular weight excluding hydrogens is 240 g/mol. The van der Waals surface area contributed by atoms with Crippen LogP contribution in [0.4, 0.5) is 5.69 Å². The third kappa shape index (κ3) is 3.25. The first-order valence-electron chi connectivity index (χ1n) is 5.27. The van der Waals surface area contributed by atoms with Gasteiger partial charge in [-0.3, -0.25) is 14.9 Å². The van der Waals surface area contributed by atoms with E-state index in [2.05, 4.69) is 5.32 Å². The Bertz CT molecular complexity index is 457. The Morgan fingerprint density at radius 1 is 1.44 bits per heavy atom. The van der Waals surface area contributed by atoms with E-state index in [1.807, 2.05) is 0 Å². The summed E-state index contributed by atoms with van der Waals surface area (Å²) in [5.41, 5.74) is 0.541. The number of hydrogen-bond donors (Lipinski definition) is 3. The number of aryl methyl sites for hydroxylation is 1. The van der Waals surface area contributed by atoms with Crippen molar-refractivity contribution in [1.82, 2.24) is 5.32 Å². The maximum Gasteiger partial charge on any atom is 0.270 e. The van der Waals surface area contributed by atoms with Gasteiger partial charge in [-0.2, -0.15) is 0 Å². The topological polar surface area (TPSA) is 113 Å². The highest BCUT2D eigenvalue weighted by Gasteiger charge is 2.17. The minimum absolute atomic E-state index is 0.149. The molecule has 7 nitrogen and oxygen atoms in total.